The summed E-state index contributed by atoms with van der Waals surface area (Å²) in [7, 11) is 0. The maximum absolute atomic E-state index is 11.7. The summed E-state index contributed by atoms with van der Waals surface area (Å²) < 4.78 is 0. The zero-order chi connectivity index (χ0) is 17.3. The van der Waals surface area contributed by atoms with Crippen molar-refractivity contribution in [3.63, 3.8) is 0 Å². The molecule has 136 valence electrons. The molecular weight excluding hydrogens is 294 g/mol. The third kappa shape index (κ3) is 15.7. The van der Waals surface area contributed by atoms with Gasteiger partial charge in [-0.1, -0.05) is 32.1 Å². The number of aliphatic carboxylic acids is 1. The first-order chi connectivity index (χ1) is 11.1. The highest BCUT2D eigenvalue weighted by Gasteiger charge is 2.14. The van der Waals surface area contributed by atoms with E-state index < -0.39 is 12.0 Å². The number of carbonyl (C=O) groups is 2. The molecule has 0 radical (unpaired) electrons. The minimum Gasteiger partial charge on any atom is -0.481 e. The van der Waals surface area contributed by atoms with Gasteiger partial charge in [0.2, 0.25) is 0 Å². The van der Waals surface area contributed by atoms with Crippen LogP contribution in [0.25, 0.3) is 0 Å². The maximum atomic E-state index is 11.7. The van der Waals surface area contributed by atoms with E-state index in [1.165, 1.54) is 25.7 Å². The van der Waals surface area contributed by atoms with Crippen LogP contribution in [0.15, 0.2) is 0 Å². The molecule has 0 spiro atoms. The van der Waals surface area contributed by atoms with E-state index in [2.05, 4.69) is 5.32 Å². The minimum atomic E-state index is -0.900. The van der Waals surface area contributed by atoms with Crippen molar-refractivity contribution in [1.29, 1.82) is 0 Å². The van der Waals surface area contributed by atoms with E-state index in [-0.39, 0.29) is 18.6 Å². The zero-order valence-electron chi connectivity index (χ0n) is 14.4. The van der Waals surface area contributed by atoms with E-state index in [0.717, 1.165) is 45.3 Å². The van der Waals surface area contributed by atoms with Crippen molar-refractivity contribution in [3.05, 3.63) is 0 Å². The van der Waals surface area contributed by atoms with Gasteiger partial charge in [-0.2, -0.15) is 0 Å². The largest absolute Gasteiger partial charge is 0.481 e. The van der Waals surface area contributed by atoms with Gasteiger partial charge in [0.25, 0.3) is 0 Å². The van der Waals surface area contributed by atoms with Gasteiger partial charge in [0.1, 0.15) is 5.78 Å². The predicted molar refractivity (Wildman–Crippen MR) is 93.3 cm³/mol. The number of unbranched alkanes of at least 4 members (excludes halogenated alkanes) is 6. The van der Waals surface area contributed by atoms with E-state index in [1.807, 2.05) is 0 Å². The highest BCUT2D eigenvalue weighted by molar-refractivity contribution is 5.84. The Hall–Kier alpha value is -0.980. The summed E-state index contributed by atoms with van der Waals surface area (Å²) in [5.74, 6) is -0.905. The van der Waals surface area contributed by atoms with Crippen LogP contribution in [0.2, 0.25) is 0 Å². The van der Waals surface area contributed by atoms with Crippen LogP contribution < -0.4 is 16.8 Å². The highest BCUT2D eigenvalue weighted by Crippen LogP contribution is 2.10. The van der Waals surface area contributed by atoms with Gasteiger partial charge in [-0.05, 0) is 45.3 Å². The molecule has 0 saturated carbocycles. The molecule has 0 bridgehead atoms. The van der Waals surface area contributed by atoms with Crippen LogP contribution in [-0.2, 0) is 9.59 Å². The summed E-state index contributed by atoms with van der Waals surface area (Å²) in [4.78, 5) is 22.1. The number of carbonyl (C=O) groups excluding carboxylic acids is 1. The minimum absolute atomic E-state index is 0.00481. The Morgan fingerprint density at radius 2 is 1.43 bits per heavy atom. The molecule has 0 aliphatic rings. The van der Waals surface area contributed by atoms with E-state index in [9.17, 15) is 9.59 Å². The van der Waals surface area contributed by atoms with E-state index in [4.69, 9.17) is 16.6 Å². The number of carboxylic acid groups (broad SMARTS) is 1. The summed E-state index contributed by atoms with van der Waals surface area (Å²) in [6, 6.07) is -0.613. The molecule has 23 heavy (non-hydrogen) atoms. The van der Waals surface area contributed by atoms with Crippen LogP contribution in [0.5, 0.6) is 0 Å². The fraction of sp³-hybridized carbons (Fsp3) is 0.882. The molecule has 1 unspecified atom stereocenters. The third-order valence-electron chi connectivity index (χ3n) is 3.92. The number of ketones is 1. The SMILES string of the molecule is NCCCNCCCCCCCCCC(=O)C(N)CCC(=O)O. The topological polar surface area (TPSA) is 118 Å². The molecule has 0 rings (SSSR count). The average Bonchev–Trinajstić information content (AvgIpc) is 2.53. The summed E-state index contributed by atoms with van der Waals surface area (Å²) >= 11 is 0. The molecule has 6 nitrogen and oxygen atoms in total. The fourth-order valence-electron chi connectivity index (χ4n) is 2.41. The Labute approximate surface area is 140 Å². The van der Waals surface area contributed by atoms with Crippen molar-refractivity contribution in [2.45, 2.75) is 76.7 Å². The number of rotatable bonds is 17. The Kier molecular flexibility index (Phi) is 15.2. The molecule has 0 fully saturated rings. The fourth-order valence-corrected chi connectivity index (χ4v) is 2.41. The van der Waals surface area contributed by atoms with Crippen molar-refractivity contribution < 1.29 is 14.7 Å². The summed E-state index contributed by atoms with van der Waals surface area (Å²) in [6.45, 7) is 2.84. The van der Waals surface area contributed by atoms with Crippen molar-refractivity contribution in [3.8, 4) is 0 Å². The van der Waals surface area contributed by atoms with Gasteiger partial charge in [0.05, 0.1) is 6.04 Å². The molecule has 0 aromatic rings. The number of hydrogen-bond acceptors (Lipinski definition) is 5. The van der Waals surface area contributed by atoms with Crippen LogP contribution in [0.3, 0.4) is 0 Å². The van der Waals surface area contributed by atoms with Crippen LogP contribution in [0, 0.1) is 0 Å². The highest BCUT2D eigenvalue weighted by atomic mass is 16.4. The van der Waals surface area contributed by atoms with Crippen molar-refractivity contribution in [2.75, 3.05) is 19.6 Å². The molecule has 0 heterocycles. The van der Waals surface area contributed by atoms with Crippen molar-refractivity contribution >= 4 is 11.8 Å². The van der Waals surface area contributed by atoms with Crippen molar-refractivity contribution in [1.82, 2.24) is 5.32 Å². The number of hydrogen-bond donors (Lipinski definition) is 4. The maximum Gasteiger partial charge on any atom is 0.303 e. The standard InChI is InChI=1S/C17H35N3O3/c18-12-8-14-20-13-7-5-3-1-2-4-6-9-16(21)15(19)10-11-17(22)23/h15,20H,1-14,18-19H2,(H,22,23). The van der Waals surface area contributed by atoms with Crippen LogP contribution in [-0.4, -0.2) is 42.5 Å². The molecule has 1 atom stereocenters. The van der Waals surface area contributed by atoms with E-state index in [0.29, 0.717) is 6.42 Å². The monoisotopic (exact) mass is 329 g/mol. The second kappa shape index (κ2) is 15.9. The number of carboxylic acids is 1. The molecule has 6 N–H and O–H groups in total. The molecule has 0 aliphatic carbocycles. The lowest BCUT2D eigenvalue weighted by Gasteiger charge is -2.09. The lowest BCUT2D eigenvalue weighted by atomic mass is 10.0. The van der Waals surface area contributed by atoms with E-state index in [1.54, 1.807) is 0 Å². The van der Waals surface area contributed by atoms with Crippen molar-refractivity contribution in [2.24, 2.45) is 11.5 Å². The zero-order valence-corrected chi connectivity index (χ0v) is 14.4. The Balaban J connectivity index is 3.29. The summed E-state index contributed by atoms with van der Waals surface area (Å²) in [5.41, 5.74) is 11.1. The average molecular weight is 329 g/mol. The number of Topliss-reactive ketones (excluding diaryl/α,β-unsaturated/α-hetero) is 1. The molecular formula is C17H35N3O3. The van der Waals surface area contributed by atoms with Gasteiger partial charge < -0.3 is 21.9 Å². The quantitative estimate of drug-likeness (QED) is 0.302. The van der Waals surface area contributed by atoms with Gasteiger partial charge in [-0.3, -0.25) is 9.59 Å². The molecule has 0 aromatic carbocycles. The number of nitrogens with two attached hydrogens (primary N) is 2. The first-order valence-electron chi connectivity index (χ1n) is 8.98. The van der Waals surface area contributed by atoms with Crippen LogP contribution >= 0.6 is 0 Å². The molecule has 0 aromatic heterocycles. The van der Waals surface area contributed by atoms with Gasteiger partial charge in [-0.15, -0.1) is 0 Å². The Bertz CT molecular complexity index is 311. The normalized spacial score (nSPS) is 12.3. The predicted octanol–water partition coefficient (Wildman–Crippen LogP) is 1.81. The second-order valence-corrected chi connectivity index (χ2v) is 6.12. The first kappa shape index (κ1) is 22.0. The Morgan fingerprint density at radius 1 is 0.870 bits per heavy atom. The Morgan fingerprint density at radius 3 is 2.04 bits per heavy atom. The molecule has 0 saturated heterocycles. The van der Waals surface area contributed by atoms with Crippen LogP contribution in [0.1, 0.15) is 70.6 Å². The smallest absolute Gasteiger partial charge is 0.303 e. The van der Waals surface area contributed by atoms with Gasteiger partial charge in [0.15, 0.2) is 0 Å². The van der Waals surface area contributed by atoms with Gasteiger partial charge in [-0.25, -0.2) is 0 Å². The summed E-state index contributed by atoms with van der Waals surface area (Å²) in [5, 5.41) is 11.9. The van der Waals surface area contributed by atoms with Gasteiger partial charge in [0, 0.05) is 12.8 Å². The first-order valence-corrected chi connectivity index (χ1v) is 8.98. The van der Waals surface area contributed by atoms with Gasteiger partial charge >= 0.3 is 5.97 Å². The lowest BCUT2D eigenvalue weighted by Crippen LogP contribution is -2.30. The summed E-state index contributed by atoms with van der Waals surface area (Å²) in [6.07, 6.45) is 9.69. The van der Waals surface area contributed by atoms with E-state index >= 15 is 0 Å². The lowest BCUT2D eigenvalue weighted by molar-refractivity contribution is -0.137. The molecule has 0 amide bonds. The molecule has 0 aliphatic heterocycles. The third-order valence-corrected chi connectivity index (χ3v) is 3.92. The second-order valence-electron chi connectivity index (χ2n) is 6.12. The number of nitrogens with one attached hydrogen (secondary N) is 1. The van der Waals surface area contributed by atoms with Crippen LogP contribution in [0.4, 0.5) is 0 Å². The molecule has 6 heteroatoms.